The molecule has 2 saturated carbocycles. The lowest BCUT2D eigenvalue weighted by Gasteiger charge is -2.37. The predicted octanol–water partition coefficient (Wildman–Crippen LogP) is 4.78. The first-order valence-corrected chi connectivity index (χ1v) is 11.9. The minimum atomic E-state index is -0.230. The summed E-state index contributed by atoms with van der Waals surface area (Å²) in [7, 11) is 0. The Labute approximate surface area is 186 Å². The third-order valence-electron chi connectivity index (χ3n) is 7.00. The van der Waals surface area contributed by atoms with Gasteiger partial charge in [-0.2, -0.15) is 0 Å². The van der Waals surface area contributed by atoms with Crippen molar-refractivity contribution in [3.63, 3.8) is 0 Å². The Morgan fingerprint density at radius 1 is 1.07 bits per heavy atom. The van der Waals surface area contributed by atoms with Crippen LogP contribution in [0.1, 0.15) is 70.8 Å². The summed E-state index contributed by atoms with van der Waals surface area (Å²) in [5.41, 5.74) is 1.03. The molecule has 0 unspecified atom stereocenters. The van der Waals surface area contributed by atoms with Crippen LogP contribution in [-0.4, -0.2) is 34.5 Å². The van der Waals surface area contributed by atoms with Gasteiger partial charge in [-0.25, -0.2) is 4.39 Å². The van der Waals surface area contributed by atoms with E-state index in [1.165, 1.54) is 44.2 Å². The van der Waals surface area contributed by atoms with E-state index in [-0.39, 0.29) is 24.3 Å². The van der Waals surface area contributed by atoms with Crippen LogP contribution in [0.4, 0.5) is 4.39 Å². The van der Waals surface area contributed by atoms with Crippen LogP contribution in [0, 0.1) is 17.7 Å². The Balaban J connectivity index is 1.56. The zero-order chi connectivity index (χ0) is 21.5. The van der Waals surface area contributed by atoms with Crippen LogP contribution in [0.5, 0.6) is 0 Å². The van der Waals surface area contributed by atoms with Gasteiger partial charge in [0.1, 0.15) is 5.82 Å². The van der Waals surface area contributed by atoms with E-state index in [9.17, 15) is 9.18 Å². The topological polar surface area (TPSA) is 44.4 Å². The molecule has 30 heavy (non-hydrogen) atoms. The summed E-state index contributed by atoms with van der Waals surface area (Å²) in [5.74, 6) is 0.933. The molecule has 3 rings (SSSR count). The molecule has 1 aromatic rings. The van der Waals surface area contributed by atoms with E-state index in [0.29, 0.717) is 29.5 Å². The van der Waals surface area contributed by atoms with Crippen molar-refractivity contribution in [2.75, 3.05) is 6.54 Å². The number of hydrogen-bond acceptors (Lipinski definition) is 2. The zero-order valence-electron chi connectivity index (χ0n) is 18.3. The van der Waals surface area contributed by atoms with Gasteiger partial charge in [0.05, 0.1) is 6.54 Å². The summed E-state index contributed by atoms with van der Waals surface area (Å²) in [6, 6.07) is 7.23. The normalized spacial score (nSPS) is 24.8. The van der Waals surface area contributed by atoms with E-state index in [4.69, 9.17) is 12.2 Å². The van der Waals surface area contributed by atoms with Crippen molar-refractivity contribution in [1.82, 2.24) is 15.5 Å². The molecule has 2 N–H and O–H groups in total. The van der Waals surface area contributed by atoms with Gasteiger partial charge in [-0.3, -0.25) is 4.79 Å². The van der Waals surface area contributed by atoms with Gasteiger partial charge in [0, 0.05) is 18.6 Å². The van der Waals surface area contributed by atoms with Crippen molar-refractivity contribution >= 4 is 23.2 Å². The van der Waals surface area contributed by atoms with E-state index in [1.54, 1.807) is 0 Å². The fourth-order valence-corrected chi connectivity index (χ4v) is 5.13. The second-order valence-electron chi connectivity index (χ2n) is 9.15. The first-order chi connectivity index (χ1) is 14.4. The van der Waals surface area contributed by atoms with E-state index in [2.05, 4.69) is 29.4 Å². The van der Waals surface area contributed by atoms with Crippen molar-refractivity contribution < 1.29 is 9.18 Å². The number of nitrogens with one attached hydrogen (secondary N) is 2. The van der Waals surface area contributed by atoms with Crippen LogP contribution < -0.4 is 10.6 Å². The molecule has 1 aromatic carbocycles. The number of nitrogens with zero attached hydrogens (tertiary/aromatic N) is 1. The molecule has 2 aliphatic rings. The van der Waals surface area contributed by atoms with Gasteiger partial charge in [-0.1, -0.05) is 58.1 Å². The van der Waals surface area contributed by atoms with Gasteiger partial charge >= 0.3 is 0 Å². The number of hydrogen-bond donors (Lipinski definition) is 2. The number of benzene rings is 1. The fraction of sp³-hybridized carbons (Fsp3) is 0.667. The number of thiocarbonyl (C=S) groups is 1. The Morgan fingerprint density at radius 2 is 1.77 bits per heavy atom. The molecule has 6 heteroatoms. The summed E-state index contributed by atoms with van der Waals surface area (Å²) >= 11 is 5.71. The molecule has 0 aromatic heterocycles. The lowest BCUT2D eigenvalue weighted by atomic mass is 9.78. The van der Waals surface area contributed by atoms with Crippen molar-refractivity contribution in [2.45, 2.75) is 83.8 Å². The van der Waals surface area contributed by atoms with E-state index in [0.717, 1.165) is 24.8 Å². The Bertz CT molecular complexity index is 705. The Hall–Kier alpha value is -1.69. The third kappa shape index (κ3) is 6.40. The van der Waals surface area contributed by atoms with E-state index >= 15 is 0 Å². The number of rotatable bonds is 6. The Kier molecular flexibility index (Phi) is 8.49. The molecule has 2 aliphatic carbocycles. The molecular formula is C24H36FN3OS. The van der Waals surface area contributed by atoms with Crippen LogP contribution in [-0.2, 0) is 11.3 Å². The largest absolute Gasteiger partial charge is 0.353 e. The zero-order valence-corrected chi connectivity index (χ0v) is 19.1. The van der Waals surface area contributed by atoms with Crippen LogP contribution in [0.2, 0.25) is 0 Å². The van der Waals surface area contributed by atoms with Crippen LogP contribution in [0.3, 0.4) is 0 Å². The van der Waals surface area contributed by atoms with Crippen LogP contribution in [0.15, 0.2) is 24.3 Å². The smallest absolute Gasteiger partial charge is 0.239 e. The van der Waals surface area contributed by atoms with Crippen LogP contribution >= 0.6 is 12.2 Å². The third-order valence-corrected chi connectivity index (χ3v) is 7.37. The van der Waals surface area contributed by atoms with Gasteiger partial charge in [-0.15, -0.1) is 0 Å². The summed E-state index contributed by atoms with van der Waals surface area (Å²) in [6.07, 6.45) is 9.35. The molecule has 4 nitrogen and oxygen atoms in total. The quantitative estimate of drug-likeness (QED) is 0.634. The average molecular weight is 434 g/mol. The van der Waals surface area contributed by atoms with E-state index in [1.807, 2.05) is 12.1 Å². The standard InChI is InChI=1S/C24H36FN3OS/c1-17-7-6-10-22(18(17)2)27-23(29)15-26-24(30)28(21-8-4-3-5-9-21)16-19-11-13-20(25)14-12-19/h11-14,17-18,21-22H,3-10,15-16H2,1-2H3,(H,26,30)(H,27,29)/t17-,18+,22+/m1/s1. The molecule has 0 saturated heterocycles. The SMILES string of the molecule is C[C@H]1[C@H](C)CCC[C@@H]1NC(=O)CNC(=S)N(Cc1ccc(F)cc1)C1CCCCC1. The van der Waals surface area contributed by atoms with Crippen molar-refractivity contribution in [3.05, 3.63) is 35.6 Å². The molecule has 2 fully saturated rings. The highest BCUT2D eigenvalue weighted by Gasteiger charge is 2.28. The van der Waals surface area contributed by atoms with E-state index < -0.39 is 0 Å². The highest BCUT2D eigenvalue weighted by molar-refractivity contribution is 7.80. The second kappa shape index (κ2) is 11.1. The number of amides is 1. The first kappa shape index (κ1) is 23.0. The minimum Gasteiger partial charge on any atom is -0.353 e. The Morgan fingerprint density at radius 3 is 2.47 bits per heavy atom. The average Bonchev–Trinajstić information content (AvgIpc) is 2.75. The number of carbonyl (C=O) groups is 1. The number of carbonyl (C=O) groups excluding carboxylic acids is 1. The highest BCUT2D eigenvalue weighted by atomic mass is 32.1. The maximum Gasteiger partial charge on any atom is 0.239 e. The molecule has 3 atom stereocenters. The van der Waals surface area contributed by atoms with Gasteiger partial charge in [0.15, 0.2) is 5.11 Å². The minimum absolute atomic E-state index is 0.00803. The monoisotopic (exact) mass is 433 g/mol. The van der Waals surface area contributed by atoms with Gasteiger partial charge in [0.2, 0.25) is 5.91 Å². The van der Waals surface area contributed by atoms with Gasteiger partial charge < -0.3 is 15.5 Å². The molecule has 0 radical (unpaired) electrons. The maximum absolute atomic E-state index is 13.3. The van der Waals surface area contributed by atoms with Gasteiger partial charge in [-0.05, 0) is 61.0 Å². The van der Waals surface area contributed by atoms with Crippen molar-refractivity contribution in [1.29, 1.82) is 0 Å². The predicted molar refractivity (Wildman–Crippen MR) is 124 cm³/mol. The van der Waals surface area contributed by atoms with Crippen molar-refractivity contribution in [3.8, 4) is 0 Å². The lowest BCUT2D eigenvalue weighted by Crippen LogP contribution is -2.51. The fourth-order valence-electron chi connectivity index (χ4n) is 4.85. The molecular weight excluding hydrogens is 397 g/mol. The molecule has 0 bridgehead atoms. The van der Waals surface area contributed by atoms with Gasteiger partial charge in [0.25, 0.3) is 0 Å². The summed E-state index contributed by atoms with van der Waals surface area (Å²) < 4.78 is 13.3. The first-order valence-electron chi connectivity index (χ1n) is 11.5. The number of halogens is 1. The maximum atomic E-state index is 13.3. The van der Waals surface area contributed by atoms with Crippen LogP contribution in [0.25, 0.3) is 0 Å². The summed E-state index contributed by atoms with van der Waals surface area (Å²) in [5, 5.41) is 7.02. The summed E-state index contributed by atoms with van der Waals surface area (Å²) in [6.45, 7) is 5.34. The lowest BCUT2D eigenvalue weighted by molar-refractivity contribution is -0.121. The molecule has 0 aliphatic heterocycles. The van der Waals surface area contributed by atoms with Crippen molar-refractivity contribution in [2.24, 2.45) is 11.8 Å². The second-order valence-corrected chi connectivity index (χ2v) is 9.53. The molecule has 166 valence electrons. The molecule has 0 spiro atoms. The summed E-state index contributed by atoms with van der Waals surface area (Å²) in [4.78, 5) is 14.8. The molecule has 0 heterocycles. The highest BCUT2D eigenvalue weighted by Crippen LogP contribution is 2.29. The molecule has 1 amide bonds.